The van der Waals surface area contributed by atoms with Crippen molar-refractivity contribution in [3.8, 4) is 5.75 Å². The van der Waals surface area contributed by atoms with Gasteiger partial charge >= 0.3 is 11.8 Å². The number of benzene rings is 1. The van der Waals surface area contributed by atoms with Crippen LogP contribution in [0, 0.1) is 0 Å². The molecule has 2 saturated heterocycles. The largest absolute Gasteiger partial charge is 0.497 e. The summed E-state index contributed by atoms with van der Waals surface area (Å²) in [6.45, 7) is 2.32. The molecule has 7 heteroatoms. The van der Waals surface area contributed by atoms with Crippen LogP contribution in [0.1, 0.15) is 23.2 Å². The van der Waals surface area contributed by atoms with Gasteiger partial charge in [-0.2, -0.15) is 0 Å². The van der Waals surface area contributed by atoms with Crippen LogP contribution in [0.15, 0.2) is 24.3 Å². The summed E-state index contributed by atoms with van der Waals surface area (Å²) in [5.74, 6) is -1.12. The Morgan fingerprint density at radius 2 is 1.75 bits per heavy atom. The van der Waals surface area contributed by atoms with Crippen LogP contribution >= 0.6 is 0 Å². The lowest BCUT2D eigenvalue weighted by Crippen LogP contribution is -2.60. The van der Waals surface area contributed by atoms with Gasteiger partial charge in [-0.3, -0.25) is 19.3 Å². The highest BCUT2D eigenvalue weighted by molar-refractivity contribution is 6.39. The second-order valence-corrected chi connectivity index (χ2v) is 5.97. The predicted octanol–water partition coefficient (Wildman–Crippen LogP) is 0.258. The van der Waals surface area contributed by atoms with Crippen molar-refractivity contribution < 1.29 is 19.1 Å². The highest BCUT2D eigenvalue weighted by Crippen LogP contribution is 2.19. The first-order valence-electron chi connectivity index (χ1n) is 8.13. The molecule has 1 N–H and O–H groups in total. The van der Waals surface area contributed by atoms with Crippen molar-refractivity contribution in [1.82, 2.24) is 15.1 Å². The Hall–Kier alpha value is -2.41. The third kappa shape index (κ3) is 3.12. The number of rotatable bonds is 3. The first kappa shape index (κ1) is 16.4. The van der Waals surface area contributed by atoms with E-state index in [1.54, 1.807) is 36.3 Å². The molecule has 0 atom stereocenters. The minimum atomic E-state index is -0.736. The molecule has 0 unspecified atom stereocenters. The third-order valence-electron chi connectivity index (χ3n) is 4.59. The number of piperidine rings is 1. The smallest absolute Gasteiger partial charge is 0.319 e. The fourth-order valence-corrected chi connectivity index (χ4v) is 3.20. The van der Waals surface area contributed by atoms with E-state index in [0.29, 0.717) is 17.9 Å². The number of carbonyl (C=O) groups excluding carboxylic acids is 3. The molecule has 24 heavy (non-hydrogen) atoms. The van der Waals surface area contributed by atoms with Crippen LogP contribution < -0.4 is 10.1 Å². The summed E-state index contributed by atoms with van der Waals surface area (Å²) in [5.41, 5.74) is 0.368. The quantitative estimate of drug-likeness (QED) is 0.635. The van der Waals surface area contributed by atoms with E-state index in [1.807, 2.05) is 0 Å². The number of imide groups is 1. The van der Waals surface area contributed by atoms with Crippen LogP contribution in [0.5, 0.6) is 5.75 Å². The zero-order valence-corrected chi connectivity index (χ0v) is 13.7. The van der Waals surface area contributed by atoms with Crippen molar-refractivity contribution in [3.63, 3.8) is 0 Å². The van der Waals surface area contributed by atoms with E-state index < -0.39 is 17.7 Å². The molecule has 2 fully saturated rings. The molecule has 2 aliphatic heterocycles. The number of nitrogens with one attached hydrogen (secondary N) is 1. The molecule has 7 nitrogen and oxygen atoms in total. The second kappa shape index (κ2) is 7.00. The molecule has 0 saturated carbocycles. The van der Waals surface area contributed by atoms with Crippen molar-refractivity contribution in [3.05, 3.63) is 29.8 Å². The molecule has 1 aromatic carbocycles. The van der Waals surface area contributed by atoms with Gasteiger partial charge in [0.2, 0.25) is 0 Å². The van der Waals surface area contributed by atoms with E-state index in [2.05, 4.69) is 5.32 Å². The number of nitrogens with zero attached hydrogens (tertiary/aromatic N) is 2. The van der Waals surface area contributed by atoms with Gasteiger partial charge in [-0.15, -0.1) is 0 Å². The number of hydrogen-bond acceptors (Lipinski definition) is 5. The molecule has 2 heterocycles. The highest BCUT2D eigenvalue weighted by Gasteiger charge is 2.39. The molecule has 3 rings (SSSR count). The molecule has 0 radical (unpaired) electrons. The van der Waals surface area contributed by atoms with E-state index in [4.69, 9.17) is 4.74 Å². The molecule has 0 aliphatic carbocycles. The molecule has 0 bridgehead atoms. The van der Waals surface area contributed by atoms with Crippen LogP contribution in [0.25, 0.3) is 0 Å². The Morgan fingerprint density at radius 1 is 1.08 bits per heavy atom. The summed E-state index contributed by atoms with van der Waals surface area (Å²) in [6, 6.07) is 6.59. The topological polar surface area (TPSA) is 79.0 Å². The van der Waals surface area contributed by atoms with Crippen LogP contribution in [0.4, 0.5) is 0 Å². The molecular formula is C17H21N3O4. The van der Waals surface area contributed by atoms with E-state index in [0.717, 1.165) is 30.8 Å². The normalized spacial score (nSPS) is 19.5. The van der Waals surface area contributed by atoms with Gasteiger partial charge in [-0.25, -0.2) is 0 Å². The second-order valence-electron chi connectivity index (χ2n) is 5.97. The highest BCUT2D eigenvalue weighted by atomic mass is 16.5. The standard InChI is InChI=1S/C17H21N3O4/c1-24-14-4-2-12(3-5-14)15(21)20-11-10-19(16(22)17(20)23)13-6-8-18-9-7-13/h2-5,13,18H,6-11H2,1H3. The molecule has 0 aromatic heterocycles. The Bertz CT molecular complexity index is 638. The summed E-state index contributed by atoms with van der Waals surface area (Å²) in [5, 5.41) is 3.24. The van der Waals surface area contributed by atoms with E-state index in [1.165, 1.54) is 0 Å². The van der Waals surface area contributed by atoms with Gasteiger partial charge in [0, 0.05) is 24.7 Å². The molecular weight excluding hydrogens is 310 g/mol. The van der Waals surface area contributed by atoms with Crippen molar-refractivity contribution in [2.75, 3.05) is 33.3 Å². The Balaban J connectivity index is 1.70. The monoisotopic (exact) mass is 331 g/mol. The minimum Gasteiger partial charge on any atom is -0.497 e. The number of methoxy groups -OCH3 is 1. The first-order chi connectivity index (χ1) is 11.6. The van der Waals surface area contributed by atoms with Crippen molar-refractivity contribution in [1.29, 1.82) is 0 Å². The Kier molecular flexibility index (Phi) is 4.80. The molecule has 0 spiro atoms. The third-order valence-corrected chi connectivity index (χ3v) is 4.59. The van der Waals surface area contributed by atoms with Crippen LogP contribution in [-0.4, -0.2) is 66.9 Å². The number of carbonyl (C=O) groups is 3. The van der Waals surface area contributed by atoms with E-state index in [-0.39, 0.29) is 12.6 Å². The van der Waals surface area contributed by atoms with Crippen LogP contribution in [0.3, 0.4) is 0 Å². The number of amides is 3. The molecule has 128 valence electrons. The molecule has 3 amide bonds. The van der Waals surface area contributed by atoms with Crippen molar-refractivity contribution >= 4 is 17.7 Å². The van der Waals surface area contributed by atoms with Crippen molar-refractivity contribution in [2.45, 2.75) is 18.9 Å². The molecule has 2 aliphatic rings. The maximum absolute atomic E-state index is 12.5. The summed E-state index contributed by atoms with van der Waals surface area (Å²) in [7, 11) is 1.54. The lowest BCUT2D eigenvalue weighted by atomic mass is 10.0. The maximum atomic E-state index is 12.5. The van der Waals surface area contributed by atoms with Gasteiger partial charge in [0.15, 0.2) is 0 Å². The summed E-state index contributed by atoms with van der Waals surface area (Å²) in [6.07, 6.45) is 1.68. The maximum Gasteiger partial charge on any atom is 0.319 e. The van der Waals surface area contributed by atoms with Gasteiger partial charge in [-0.1, -0.05) is 0 Å². The first-order valence-corrected chi connectivity index (χ1v) is 8.13. The number of ether oxygens (including phenoxy) is 1. The lowest BCUT2D eigenvalue weighted by molar-refractivity contribution is -0.156. The summed E-state index contributed by atoms with van der Waals surface area (Å²) < 4.78 is 5.06. The Morgan fingerprint density at radius 3 is 2.38 bits per heavy atom. The fourth-order valence-electron chi connectivity index (χ4n) is 3.20. The average molecular weight is 331 g/mol. The van der Waals surface area contributed by atoms with Crippen molar-refractivity contribution in [2.24, 2.45) is 0 Å². The lowest BCUT2D eigenvalue weighted by Gasteiger charge is -2.39. The fraction of sp³-hybridized carbons (Fsp3) is 0.471. The van der Waals surface area contributed by atoms with E-state index >= 15 is 0 Å². The van der Waals surface area contributed by atoms with Gasteiger partial charge in [-0.05, 0) is 50.2 Å². The number of piperazine rings is 1. The van der Waals surface area contributed by atoms with Crippen LogP contribution in [-0.2, 0) is 9.59 Å². The van der Waals surface area contributed by atoms with Gasteiger partial charge in [0.05, 0.1) is 7.11 Å². The van der Waals surface area contributed by atoms with E-state index in [9.17, 15) is 14.4 Å². The molecule has 1 aromatic rings. The predicted molar refractivity (Wildman–Crippen MR) is 86.6 cm³/mol. The summed E-state index contributed by atoms with van der Waals surface area (Å²) in [4.78, 5) is 40.0. The zero-order chi connectivity index (χ0) is 17.1. The number of hydrogen-bond donors (Lipinski definition) is 1. The average Bonchev–Trinajstić information content (AvgIpc) is 2.64. The van der Waals surface area contributed by atoms with Crippen LogP contribution in [0.2, 0.25) is 0 Å². The summed E-state index contributed by atoms with van der Waals surface area (Å²) >= 11 is 0. The van der Waals surface area contributed by atoms with Gasteiger partial charge in [0.1, 0.15) is 5.75 Å². The minimum absolute atomic E-state index is 0.0842. The van der Waals surface area contributed by atoms with Gasteiger partial charge in [0.25, 0.3) is 5.91 Å². The van der Waals surface area contributed by atoms with Gasteiger partial charge < -0.3 is 15.0 Å². The Labute approximate surface area is 140 Å². The SMILES string of the molecule is COc1ccc(C(=O)N2CCN(C3CCNCC3)C(=O)C2=O)cc1. The zero-order valence-electron chi connectivity index (χ0n) is 13.7.